The van der Waals surface area contributed by atoms with Crippen LogP contribution in [0.25, 0.3) is 0 Å². The number of carbonyl (C=O) groups excluding carboxylic acids is 2. The molecule has 0 aliphatic heterocycles. The average Bonchev–Trinajstić information content (AvgIpc) is 2.55. The molecule has 1 aromatic carbocycles. The van der Waals surface area contributed by atoms with Gasteiger partial charge in [-0.15, -0.1) is 0 Å². The molecule has 0 heterocycles. The predicted molar refractivity (Wildman–Crippen MR) is 98.2 cm³/mol. The predicted octanol–water partition coefficient (Wildman–Crippen LogP) is 4.55. The second-order valence-electron chi connectivity index (χ2n) is 7.13. The fraction of sp³-hybridized carbons (Fsp3) is 0.600. The molecule has 0 aliphatic rings. The molecule has 25 heavy (non-hydrogen) atoms. The van der Waals surface area contributed by atoms with Gasteiger partial charge in [0.05, 0.1) is 7.11 Å². The minimum Gasteiger partial charge on any atom is -0.469 e. The molecule has 5 heteroatoms. The lowest BCUT2D eigenvalue weighted by atomic mass is 10.1. The lowest BCUT2D eigenvalue weighted by Crippen LogP contribution is -2.37. The summed E-state index contributed by atoms with van der Waals surface area (Å²) < 4.78 is 10.2. The van der Waals surface area contributed by atoms with Gasteiger partial charge in [0.15, 0.2) is 0 Å². The minimum atomic E-state index is -0.507. The zero-order valence-electron chi connectivity index (χ0n) is 15.9. The summed E-state index contributed by atoms with van der Waals surface area (Å²) in [6.07, 6.45) is 3.78. The number of carbonyl (C=O) groups is 2. The number of nitrogens with zero attached hydrogens (tertiary/aromatic N) is 1. The van der Waals surface area contributed by atoms with Crippen molar-refractivity contribution in [3.8, 4) is 0 Å². The summed E-state index contributed by atoms with van der Waals surface area (Å²) in [6.45, 7) is 6.80. The Hall–Kier alpha value is -2.04. The molecule has 0 fully saturated rings. The van der Waals surface area contributed by atoms with E-state index in [1.54, 1.807) is 4.90 Å². The molecule has 1 rings (SSSR count). The first kappa shape index (κ1) is 21.0. The molecule has 5 nitrogen and oxygen atoms in total. The summed E-state index contributed by atoms with van der Waals surface area (Å²) in [5.74, 6) is -0.167. The molecule has 0 spiro atoms. The van der Waals surface area contributed by atoms with Gasteiger partial charge in [0, 0.05) is 19.5 Å². The number of unbranched alkanes of at least 4 members (excludes halogenated alkanes) is 3. The molecule has 0 N–H and O–H groups in total. The van der Waals surface area contributed by atoms with Crippen LogP contribution in [0.3, 0.4) is 0 Å². The molecule has 0 unspecified atom stereocenters. The molecule has 1 amide bonds. The molecular formula is C20H31NO4. The topological polar surface area (TPSA) is 55.8 Å². The highest BCUT2D eigenvalue weighted by Gasteiger charge is 2.22. The molecule has 140 valence electrons. The van der Waals surface area contributed by atoms with Crippen molar-refractivity contribution >= 4 is 12.1 Å². The number of rotatable bonds is 9. The second-order valence-corrected chi connectivity index (χ2v) is 7.13. The highest BCUT2D eigenvalue weighted by Crippen LogP contribution is 2.14. The van der Waals surface area contributed by atoms with Gasteiger partial charge in [0.25, 0.3) is 0 Å². The highest BCUT2D eigenvalue weighted by molar-refractivity contribution is 5.69. The molecule has 0 radical (unpaired) electrons. The van der Waals surface area contributed by atoms with E-state index in [1.165, 1.54) is 7.11 Å². The van der Waals surface area contributed by atoms with Crippen LogP contribution in [0, 0.1) is 0 Å². The van der Waals surface area contributed by atoms with Gasteiger partial charge in [-0.3, -0.25) is 4.79 Å². The minimum absolute atomic E-state index is 0.167. The number of esters is 1. The van der Waals surface area contributed by atoms with Crippen LogP contribution in [0.15, 0.2) is 30.3 Å². The molecule has 0 aliphatic carbocycles. The zero-order chi connectivity index (χ0) is 18.7. The molecule has 0 aromatic heterocycles. The summed E-state index contributed by atoms with van der Waals surface area (Å²) in [7, 11) is 1.41. The van der Waals surface area contributed by atoms with E-state index in [0.717, 1.165) is 31.2 Å². The Bertz CT molecular complexity index is 522. The van der Waals surface area contributed by atoms with E-state index < -0.39 is 5.60 Å². The number of benzene rings is 1. The summed E-state index contributed by atoms with van der Waals surface area (Å²) in [4.78, 5) is 25.3. The van der Waals surface area contributed by atoms with E-state index in [-0.39, 0.29) is 12.1 Å². The maximum atomic E-state index is 12.5. The van der Waals surface area contributed by atoms with E-state index >= 15 is 0 Å². The molecule has 0 bridgehead atoms. The number of methoxy groups -OCH3 is 1. The van der Waals surface area contributed by atoms with Gasteiger partial charge in [0.2, 0.25) is 0 Å². The van der Waals surface area contributed by atoms with Crippen molar-refractivity contribution in [2.45, 2.75) is 65.0 Å². The summed E-state index contributed by atoms with van der Waals surface area (Å²) in [6, 6.07) is 9.91. The monoisotopic (exact) mass is 349 g/mol. The highest BCUT2D eigenvalue weighted by atomic mass is 16.6. The fourth-order valence-corrected chi connectivity index (χ4v) is 2.39. The van der Waals surface area contributed by atoms with Crippen molar-refractivity contribution in [3.63, 3.8) is 0 Å². The Labute approximate surface area is 151 Å². The van der Waals surface area contributed by atoms with Crippen molar-refractivity contribution < 1.29 is 19.1 Å². The third-order valence-corrected chi connectivity index (χ3v) is 3.65. The Morgan fingerprint density at radius 2 is 1.64 bits per heavy atom. The standard InChI is InChI=1S/C20H31NO4/c1-20(2,3)25-19(23)21(16-17-12-8-7-9-13-17)15-11-6-5-10-14-18(22)24-4/h7-9,12-13H,5-6,10-11,14-16H2,1-4H3. The Morgan fingerprint density at radius 3 is 2.24 bits per heavy atom. The molecule has 1 aromatic rings. The second kappa shape index (κ2) is 10.7. The maximum absolute atomic E-state index is 12.5. The van der Waals surface area contributed by atoms with E-state index in [4.69, 9.17) is 4.74 Å². The lowest BCUT2D eigenvalue weighted by Gasteiger charge is -2.27. The summed E-state index contributed by atoms with van der Waals surface area (Å²) in [5, 5.41) is 0. The van der Waals surface area contributed by atoms with E-state index in [9.17, 15) is 9.59 Å². The quantitative estimate of drug-likeness (QED) is 0.485. The third kappa shape index (κ3) is 9.75. The van der Waals surface area contributed by atoms with Crippen molar-refractivity contribution in [1.29, 1.82) is 0 Å². The van der Waals surface area contributed by atoms with Crippen molar-refractivity contribution in [1.82, 2.24) is 4.90 Å². The molecular weight excluding hydrogens is 318 g/mol. The SMILES string of the molecule is COC(=O)CCCCCCN(Cc1ccccc1)C(=O)OC(C)(C)C. The van der Waals surface area contributed by atoms with Crippen molar-refractivity contribution in [2.24, 2.45) is 0 Å². The van der Waals surface area contributed by atoms with Crippen LogP contribution in [-0.2, 0) is 20.8 Å². The first-order valence-corrected chi connectivity index (χ1v) is 8.90. The fourth-order valence-electron chi connectivity index (χ4n) is 2.39. The van der Waals surface area contributed by atoms with Crippen molar-refractivity contribution in [3.05, 3.63) is 35.9 Å². The molecule has 0 atom stereocenters. The Morgan fingerprint density at radius 1 is 1.00 bits per heavy atom. The van der Waals surface area contributed by atoms with Gasteiger partial charge in [-0.2, -0.15) is 0 Å². The van der Waals surface area contributed by atoms with Crippen LogP contribution in [0.2, 0.25) is 0 Å². The van der Waals surface area contributed by atoms with Crippen LogP contribution in [0.4, 0.5) is 4.79 Å². The molecule has 0 saturated carbocycles. The normalized spacial score (nSPS) is 11.0. The average molecular weight is 349 g/mol. The molecule has 0 saturated heterocycles. The Balaban J connectivity index is 2.48. The van der Waals surface area contributed by atoms with Gasteiger partial charge in [0.1, 0.15) is 5.60 Å². The number of amides is 1. The van der Waals surface area contributed by atoms with Gasteiger partial charge < -0.3 is 14.4 Å². The van der Waals surface area contributed by atoms with E-state index in [0.29, 0.717) is 19.5 Å². The van der Waals surface area contributed by atoms with E-state index in [1.807, 2.05) is 51.1 Å². The van der Waals surface area contributed by atoms with Gasteiger partial charge >= 0.3 is 12.1 Å². The summed E-state index contributed by atoms with van der Waals surface area (Å²) in [5.41, 5.74) is 0.575. The van der Waals surface area contributed by atoms with Crippen LogP contribution in [0.5, 0.6) is 0 Å². The van der Waals surface area contributed by atoms with Crippen molar-refractivity contribution in [2.75, 3.05) is 13.7 Å². The summed E-state index contributed by atoms with van der Waals surface area (Å²) >= 11 is 0. The van der Waals surface area contributed by atoms with Crippen LogP contribution in [-0.4, -0.2) is 36.2 Å². The zero-order valence-corrected chi connectivity index (χ0v) is 15.9. The lowest BCUT2D eigenvalue weighted by molar-refractivity contribution is -0.140. The number of hydrogen-bond acceptors (Lipinski definition) is 4. The largest absolute Gasteiger partial charge is 0.469 e. The van der Waals surface area contributed by atoms with Crippen LogP contribution in [0.1, 0.15) is 58.4 Å². The number of hydrogen-bond donors (Lipinski definition) is 0. The number of ether oxygens (including phenoxy) is 2. The maximum Gasteiger partial charge on any atom is 0.410 e. The first-order valence-electron chi connectivity index (χ1n) is 8.90. The van der Waals surface area contributed by atoms with Gasteiger partial charge in [-0.1, -0.05) is 43.2 Å². The first-order chi connectivity index (χ1) is 11.8. The van der Waals surface area contributed by atoms with Crippen LogP contribution >= 0.6 is 0 Å². The Kier molecular flexibility index (Phi) is 9.03. The third-order valence-electron chi connectivity index (χ3n) is 3.65. The van der Waals surface area contributed by atoms with Crippen LogP contribution < -0.4 is 0 Å². The smallest absolute Gasteiger partial charge is 0.410 e. The van der Waals surface area contributed by atoms with E-state index in [2.05, 4.69) is 4.74 Å². The van der Waals surface area contributed by atoms with Gasteiger partial charge in [-0.25, -0.2) is 4.79 Å². The van der Waals surface area contributed by atoms with Gasteiger partial charge in [-0.05, 0) is 39.2 Å².